The van der Waals surface area contributed by atoms with Crippen LogP contribution in [0.15, 0.2) is 64.0 Å². The third-order valence-corrected chi connectivity index (χ3v) is 8.26. The van der Waals surface area contributed by atoms with Gasteiger partial charge in [0.2, 0.25) is 5.91 Å². The van der Waals surface area contributed by atoms with Gasteiger partial charge in [0.1, 0.15) is 11.8 Å². The highest BCUT2D eigenvalue weighted by molar-refractivity contribution is 9.10. The van der Waals surface area contributed by atoms with E-state index in [4.69, 9.17) is 4.74 Å². The van der Waals surface area contributed by atoms with E-state index in [2.05, 4.69) is 32.6 Å². The van der Waals surface area contributed by atoms with Gasteiger partial charge in [0, 0.05) is 19.7 Å². The second-order valence-electron chi connectivity index (χ2n) is 9.16. The van der Waals surface area contributed by atoms with E-state index in [0.29, 0.717) is 12.3 Å². The zero-order valence-electron chi connectivity index (χ0n) is 20.5. The highest BCUT2D eigenvalue weighted by Gasteiger charge is 2.44. The number of para-hydroxylation sites is 1. The molecular formula is C27H30BrN3O3S. The summed E-state index contributed by atoms with van der Waals surface area (Å²) < 4.78 is 6.14. The van der Waals surface area contributed by atoms with Crippen molar-refractivity contribution in [2.75, 3.05) is 19.1 Å². The van der Waals surface area contributed by atoms with Crippen LogP contribution in [0.4, 0.5) is 5.69 Å². The molecule has 3 aromatic rings. The largest absolute Gasteiger partial charge is 0.496 e. The molecule has 1 aliphatic rings. The van der Waals surface area contributed by atoms with Crippen LogP contribution in [0.1, 0.15) is 26.3 Å². The Hall–Kier alpha value is -2.55. The van der Waals surface area contributed by atoms with Gasteiger partial charge >= 0.3 is 0 Å². The number of hydrogen-bond donors (Lipinski definition) is 2. The number of methoxy groups -OCH3 is 1. The molecule has 35 heavy (non-hydrogen) atoms. The van der Waals surface area contributed by atoms with E-state index in [-0.39, 0.29) is 11.8 Å². The molecule has 4 rings (SSSR count). The number of carbonyl (C=O) groups is 2. The molecule has 0 radical (unpaired) electrons. The Kier molecular flexibility index (Phi) is 7.45. The summed E-state index contributed by atoms with van der Waals surface area (Å²) in [5.74, 6) is 0.351. The fraction of sp³-hybridized carbons (Fsp3) is 0.333. The molecule has 0 fully saturated rings. The van der Waals surface area contributed by atoms with Crippen LogP contribution < -0.4 is 20.3 Å². The summed E-state index contributed by atoms with van der Waals surface area (Å²) in [5.41, 5.74) is 1.74. The Morgan fingerprint density at radius 3 is 2.66 bits per heavy atom. The number of thioether (sulfide) groups is 1. The Bertz CT molecular complexity index is 1280. The molecule has 0 spiro atoms. The summed E-state index contributed by atoms with van der Waals surface area (Å²) in [6.07, 6.45) is 0. The lowest BCUT2D eigenvalue weighted by Gasteiger charge is -2.34. The van der Waals surface area contributed by atoms with Gasteiger partial charge in [-0.1, -0.05) is 40.2 Å². The van der Waals surface area contributed by atoms with Crippen LogP contribution in [0.2, 0.25) is 0 Å². The van der Waals surface area contributed by atoms with Crippen LogP contribution >= 0.6 is 27.7 Å². The van der Waals surface area contributed by atoms with Crippen LogP contribution in [0.3, 0.4) is 0 Å². The van der Waals surface area contributed by atoms with Crippen molar-refractivity contribution in [2.24, 2.45) is 0 Å². The molecule has 0 aliphatic carbocycles. The molecule has 2 N–H and O–H groups in total. The fourth-order valence-corrected chi connectivity index (χ4v) is 5.99. The predicted molar refractivity (Wildman–Crippen MR) is 146 cm³/mol. The van der Waals surface area contributed by atoms with Crippen molar-refractivity contribution in [3.8, 4) is 5.75 Å². The topological polar surface area (TPSA) is 70.7 Å². The zero-order chi connectivity index (χ0) is 25.3. The third kappa shape index (κ3) is 5.06. The first-order chi connectivity index (χ1) is 16.7. The number of benzene rings is 3. The molecule has 184 valence electrons. The fourth-order valence-electron chi connectivity index (χ4n) is 4.34. The van der Waals surface area contributed by atoms with Crippen molar-refractivity contribution in [3.63, 3.8) is 0 Å². The standard InChI is InChI=1S/C27H30BrN3O3S/c1-16(29-4)25(32)30-24-26(33)31(21-8-6-7-9-23(21)35-27(24,2)3)15-20-19-12-11-18(28)14-17(19)10-13-22(20)34-5/h6-14,16,24,29H,15H2,1-5H3,(H,30,32). The lowest BCUT2D eigenvalue weighted by atomic mass is 9.99. The average Bonchev–Trinajstić information content (AvgIpc) is 2.91. The normalized spacial score (nSPS) is 18.1. The lowest BCUT2D eigenvalue weighted by Crippen LogP contribution is -2.58. The minimum absolute atomic E-state index is 0.153. The van der Waals surface area contributed by atoms with E-state index >= 15 is 0 Å². The van der Waals surface area contributed by atoms with Crippen molar-refractivity contribution in [3.05, 3.63) is 64.6 Å². The van der Waals surface area contributed by atoms with Gasteiger partial charge in [-0.05, 0) is 68.9 Å². The first-order valence-electron chi connectivity index (χ1n) is 11.5. The van der Waals surface area contributed by atoms with Crippen LogP contribution in [0, 0.1) is 0 Å². The smallest absolute Gasteiger partial charge is 0.251 e. The van der Waals surface area contributed by atoms with Gasteiger partial charge in [0.25, 0.3) is 5.91 Å². The van der Waals surface area contributed by atoms with Gasteiger partial charge in [-0.3, -0.25) is 9.59 Å². The number of hydrogen-bond acceptors (Lipinski definition) is 5. The average molecular weight is 557 g/mol. The highest BCUT2D eigenvalue weighted by atomic mass is 79.9. The van der Waals surface area contributed by atoms with E-state index in [1.54, 1.807) is 37.7 Å². The quantitative estimate of drug-likeness (QED) is 0.441. The minimum Gasteiger partial charge on any atom is -0.496 e. The first kappa shape index (κ1) is 25.5. The van der Waals surface area contributed by atoms with Crippen molar-refractivity contribution in [2.45, 2.75) is 49.0 Å². The molecule has 0 saturated heterocycles. The van der Waals surface area contributed by atoms with Crippen LogP contribution in [0.25, 0.3) is 10.8 Å². The Morgan fingerprint density at radius 2 is 1.94 bits per heavy atom. The molecule has 3 aromatic carbocycles. The number of anilines is 1. The van der Waals surface area contributed by atoms with E-state index in [0.717, 1.165) is 31.4 Å². The molecule has 8 heteroatoms. The predicted octanol–water partition coefficient (Wildman–Crippen LogP) is 5.12. The van der Waals surface area contributed by atoms with Gasteiger partial charge in [-0.2, -0.15) is 0 Å². The molecule has 2 unspecified atom stereocenters. The summed E-state index contributed by atoms with van der Waals surface area (Å²) in [5, 5.41) is 8.04. The number of nitrogens with zero attached hydrogens (tertiary/aromatic N) is 1. The summed E-state index contributed by atoms with van der Waals surface area (Å²) in [4.78, 5) is 29.8. The van der Waals surface area contributed by atoms with Crippen molar-refractivity contribution in [1.29, 1.82) is 0 Å². The second kappa shape index (κ2) is 10.2. The lowest BCUT2D eigenvalue weighted by molar-refractivity contribution is -0.129. The van der Waals surface area contributed by atoms with Gasteiger partial charge < -0.3 is 20.3 Å². The minimum atomic E-state index is -0.724. The van der Waals surface area contributed by atoms with Crippen LogP contribution in [-0.2, 0) is 16.1 Å². The second-order valence-corrected chi connectivity index (χ2v) is 11.8. The summed E-state index contributed by atoms with van der Waals surface area (Å²) >= 11 is 5.15. The SMILES string of the molecule is CNC(C)C(=O)NC1C(=O)N(Cc2c(OC)ccc3cc(Br)ccc23)c2ccccc2SC1(C)C. The molecule has 0 bridgehead atoms. The van der Waals surface area contributed by atoms with Gasteiger partial charge in [0.15, 0.2) is 0 Å². The molecule has 0 aromatic heterocycles. The van der Waals surface area contributed by atoms with E-state index in [1.165, 1.54) is 0 Å². The maximum atomic E-state index is 14.2. The summed E-state index contributed by atoms with van der Waals surface area (Å²) in [6.45, 7) is 6.09. The number of likely N-dealkylation sites (N-methyl/N-ethyl adjacent to an activating group) is 1. The maximum Gasteiger partial charge on any atom is 0.251 e. The van der Waals surface area contributed by atoms with Gasteiger partial charge in [-0.25, -0.2) is 0 Å². The Balaban J connectivity index is 1.84. The number of carbonyl (C=O) groups excluding carboxylic acids is 2. The maximum absolute atomic E-state index is 14.2. The van der Waals surface area contributed by atoms with E-state index in [1.807, 2.05) is 62.4 Å². The van der Waals surface area contributed by atoms with Gasteiger partial charge in [-0.15, -0.1) is 11.8 Å². The van der Waals surface area contributed by atoms with Gasteiger partial charge in [0.05, 0.1) is 25.4 Å². The number of nitrogens with one attached hydrogen (secondary N) is 2. The monoisotopic (exact) mass is 555 g/mol. The number of halogens is 1. The van der Waals surface area contributed by atoms with Crippen LogP contribution in [-0.4, -0.2) is 42.8 Å². The Morgan fingerprint density at radius 1 is 1.20 bits per heavy atom. The molecule has 1 heterocycles. The number of ether oxygens (including phenoxy) is 1. The molecule has 1 aliphatic heterocycles. The molecule has 6 nitrogen and oxygen atoms in total. The van der Waals surface area contributed by atoms with Crippen LogP contribution in [0.5, 0.6) is 5.75 Å². The highest BCUT2D eigenvalue weighted by Crippen LogP contribution is 2.45. The summed E-state index contributed by atoms with van der Waals surface area (Å²) in [6, 6.07) is 16.8. The van der Waals surface area contributed by atoms with E-state index < -0.39 is 16.8 Å². The third-order valence-electron chi connectivity index (χ3n) is 6.44. The zero-order valence-corrected chi connectivity index (χ0v) is 22.9. The molecule has 0 saturated carbocycles. The van der Waals surface area contributed by atoms with Crippen molar-refractivity contribution in [1.82, 2.24) is 10.6 Å². The summed E-state index contributed by atoms with van der Waals surface area (Å²) in [7, 11) is 3.37. The molecule has 2 amide bonds. The Labute approximate surface area is 218 Å². The molecular weight excluding hydrogens is 526 g/mol. The first-order valence-corrected chi connectivity index (χ1v) is 13.1. The molecule has 2 atom stereocenters. The van der Waals surface area contributed by atoms with Crippen molar-refractivity contribution < 1.29 is 14.3 Å². The number of amides is 2. The number of rotatable bonds is 6. The number of fused-ring (bicyclic) bond motifs is 2. The van der Waals surface area contributed by atoms with Crippen molar-refractivity contribution >= 4 is 56.0 Å². The van der Waals surface area contributed by atoms with E-state index in [9.17, 15) is 9.59 Å².